The van der Waals surface area contributed by atoms with Crippen LogP contribution in [0.2, 0.25) is 0 Å². The number of hydrogen-bond donors (Lipinski definition) is 1. The van der Waals surface area contributed by atoms with Gasteiger partial charge in [0.25, 0.3) is 9.05 Å². The second-order valence-corrected chi connectivity index (χ2v) is 6.66. The molecule has 1 aromatic rings. The zero-order chi connectivity index (χ0) is 10.2. The molecule has 0 aromatic carbocycles. The SMILES string of the molecule is O=C(O)c1cc(Br)c(S(=O)(=O)Cl)s1. The van der Waals surface area contributed by atoms with Crippen molar-refractivity contribution in [1.82, 2.24) is 0 Å². The molecule has 0 radical (unpaired) electrons. The number of halogens is 2. The number of carboxylic acids is 1. The van der Waals surface area contributed by atoms with Gasteiger partial charge in [0.05, 0.1) is 0 Å². The van der Waals surface area contributed by atoms with Gasteiger partial charge < -0.3 is 5.11 Å². The van der Waals surface area contributed by atoms with Gasteiger partial charge in [0.1, 0.15) is 9.09 Å². The highest BCUT2D eigenvalue weighted by Gasteiger charge is 2.20. The van der Waals surface area contributed by atoms with Crippen LogP contribution < -0.4 is 0 Å². The second-order valence-electron chi connectivity index (χ2n) is 1.99. The summed E-state index contributed by atoms with van der Waals surface area (Å²) in [6.07, 6.45) is 0. The molecule has 0 amide bonds. The van der Waals surface area contributed by atoms with Crippen molar-refractivity contribution in [3.63, 3.8) is 0 Å². The first-order valence-corrected chi connectivity index (χ1v) is 6.71. The highest BCUT2D eigenvalue weighted by molar-refractivity contribution is 9.10. The fraction of sp³-hybridized carbons (Fsp3) is 0. The third-order valence-corrected chi connectivity index (χ3v) is 5.46. The molecule has 0 bridgehead atoms. The molecule has 0 unspecified atom stereocenters. The van der Waals surface area contributed by atoms with Crippen molar-refractivity contribution in [2.45, 2.75) is 4.21 Å². The van der Waals surface area contributed by atoms with Gasteiger partial charge >= 0.3 is 5.97 Å². The van der Waals surface area contributed by atoms with Crippen LogP contribution in [0.25, 0.3) is 0 Å². The maximum absolute atomic E-state index is 10.8. The molecule has 0 aliphatic heterocycles. The van der Waals surface area contributed by atoms with Gasteiger partial charge in [0.15, 0.2) is 0 Å². The van der Waals surface area contributed by atoms with Gasteiger partial charge in [-0.15, -0.1) is 11.3 Å². The molecule has 0 saturated heterocycles. The molecule has 4 nitrogen and oxygen atoms in total. The van der Waals surface area contributed by atoms with Crippen LogP contribution in [0.1, 0.15) is 9.67 Å². The molecule has 0 aliphatic carbocycles. The van der Waals surface area contributed by atoms with Crippen LogP contribution >= 0.6 is 37.9 Å². The number of carbonyl (C=O) groups is 1. The molecule has 0 aliphatic rings. The summed E-state index contributed by atoms with van der Waals surface area (Å²) in [5, 5.41) is 8.54. The van der Waals surface area contributed by atoms with Gasteiger partial charge in [0.2, 0.25) is 0 Å². The number of carboxylic acid groups (broad SMARTS) is 1. The van der Waals surface area contributed by atoms with E-state index in [-0.39, 0.29) is 13.6 Å². The van der Waals surface area contributed by atoms with Crippen LogP contribution in [0.3, 0.4) is 0 Å². The van der Waals surface area contributed by atoms with E-state index in [2.05, 4.69) is 15.9 Å². The summed E-state index contributed by atoms with van der Waals surface area (Å²) in [4.78, 5) is 10.4. The Hall–Kier alpha value is -0.110. The van der Waals surface area contributed by atoms with Crippen LogP contribution in [0.5, 0.6) is 0 Å². The Morgan fingerprint density at radius 2 is 2.15 bits per heavy atom. The lowest BCUT2D eigenvalue weighted by Gasteiger charge is -1.88. The summed E-state index contributed by atoms with van der Waals surface area (Å²) in [5.74, 6) is -1.18. The Labute approximate surface area is 90.7 Å². The smallest absolute Gasteiger partial charge is 0.345 e. The normalized spacial score (nSPS) is 11.5. The van der Waals surface area contributed by atoms with E-state index in [4.69, 9.17) is 15.8 Å². The quantitative estimate of drug-likeness (QED) is 0.850. The number of aromatic carboxylic acids is 1. The molecule has 1 N–H and O–H groups in total. The topological polar surface area (TPSA) is 71.4 Å². The predicted octanol–water partition coefficient (Wildman–Crippen LogP) is 2.14. The third-order valence-electron chi connectivity index (χ3n) is 1.09. The van der Waals surface area contributed by atoms with E-state index in [1.165, 1.54) is 6.07 Å². The molecule has 0 atom stereocenters. The van der Waals surface area contributed by atoms with Gasteiger partial charge in [-0.2, -0.15) is 0 Å². The summed E-state index contributed by atoms with van der Waals surface area (Å²) in [6.45, 7) is 0. The molecule has 8 heteroatoms. The Morgan fingerprint density at radius 3 is 2.38 bits per heavy atom. The van der Waals surface area contributed by atoms with E-state index in [0.29, 0.717) is 11.3 Å². The van der Waals surface area contributed by atoms with Crippen LogP contribution in [-0.2, 0) is 9.05 Å². The van der Waals surface area contributed by atoms with E-state index < -0.39 is 15.0 Å². The van der Waals surface area contributed by atoms with Crippen LogP contribution in [0, 0.1) is 0 Å². The number of hydrogen-bond acceptors (Lipinski definition) is 4. The average Bonchev–Trinajstić information content (AvgIpc) is 2.29. The van der Waals surface area contributed by atoms with Crippen molar-refractivity contribution in [1.29, 1.82) is 0 Å². The Morgan fingerprint density at radius 1 is 1.62 bits per heavy atom. The fourth-order valence-corrected chi connectivity index (χ4v) is 4.28. The van der Waals surface area contributed by atoms with Crippen LogP contribution in [-0.4, -0.2) is 19.5 Å². The molecule has 0 fully saturated rings. The molecule has 1 rings (SSSR count). The Bertz CT molecular complexity index is 449. The fourth-order valence-electron chi connectivity index (χ4n) is 0.624. The van der Waals surface area contributed by atoms with E-state index in [1.54, 1.807) is 0 Å². The summed E-state index contributed by atoms with van der Waals surface area (Å²) in [6, 6.07) is 1.20. The maximum Gasteiger partial charge on any atom is 0.345 e. The first-order chi connectivity index (χ1) is 5.82. The summed E-state index contributed by atoms with van der Waals surface area (Å²) >= 11 is 3.51. The highest BCUT2D eigenvalue weighted by Crippen LogP contribution is 2.33. The molecule has 0 spiro atoms. The monoisotopic (exact) mass is 304 g/mol. The lowest BCUT2D eigenvalue weighted by atomic mass is 10.5. The molecule has 13 heavy (non-hydrogen) atoms. The zero-order valence-corrected chi connectivity index (χ0v) is 9.80. The first kappa shape index (κ1) is 11.0. The van der Waals surface area contributed by atoms with Crippen LogP contribution in [0.4, 0.5) is 0 Å². The van der Waals surface area contributed by atoms with E-state index in [9.17, 15) is 13.2 Å². The zero-order valence-electron chi connectivity index (χ0n) is 5.82. The van der Waals surface area contributed by atoms with Crippen molar-refractivity contribution in [2.24, 2.45) is 0 Å². The van der Waals surface area contributed by atoms with Crippen molar-refractivity contribution in [3.8, 4) is 0 Å². The lowest BCUT2D eigenvalue weighted by molar-refractivity contribution is 0.0702. The molecule has 1 heterocycles. The minimum absolute atomic E-state index is 0.0777. The van der Waals surface area contributed by atoms with E-state index in [1.807, 2.05) is 0 Å². The maximum atomic E-state index is 10.8. The van der Waals surface area contributed by atoms with Crippen LogP contribution in [0.15, 0.2) is 14.7 Å². The van der Waals surface area contributed by atoms with Crippen molar-refractivity contribution in [2.75, 3.05) is 0 Å². The van der Waals surface area contributed by atoms with Gasteiger partial charge in [-0.25, -0.2) is 13.2 Å². The largest absolute Gasteiger partial charge is 0.477 e. The molecule has 1 aromatic heterocycles. The number of thiophene rings is 1. The van der Waals surface area contributed by atoms with Gasteiger partial charge in [-0.1, -0.05) is 0 Å². The summed E-state index contributed by atoms with van der Waals surface area (Å²) in [7, 11) is 1.18. The number of rotatable bonds is 2. The lowest BCUT2D eigenvalue weighted by Crippen LogP contribution is -1.90. The van der Waals surface area contributed by atoms with Crippen molar-refractivity contribution < 1.29 is 18.3 Å². The summed E-state index contributed by atoms with van der Waals surface area (Å²) < 4.78 is 21.7. The van der Waals surface area contributed by atoms with Crippen molar-refractivity contribution >= 4 is 53.0 Å². The Kier molecular flexibility index (Phi) is 3.01. The first-order valence-electron chi connectivity index (χ1n) is 2.79. The van der Waals surface area contributed by atoms with Gasteiger partial charge in [0, 0.05) is 15.2 Å². The van der Waals surface area contributed by atoms with E-state index >= 15 is 0 Å². The molecular weight excluding hydrogens is 304 g/mol. The minimum Gasteiger partial charge on any atom is -0.477 e. The predicted molar refractivity (Wildman–Crippen MR) is 52.0 cm³/mol. The Balaban J connectivity index is 3.35. The standard InChI is InChI=1S/C5H2BrClO4S2/c6-2-1-3(4(8)9)12-5(2)13(7,10)11/h1H,(H,8,9). The molecule has 72 valence electrons. The van der Waals surface area contributed by atoms with E-state index in [0.717, 1.165) is 0 Å². The molecular formula is C5H2BrClO4S2. The third kappa shape index (κ3) is 2.43. The highest BCUT2D eigenvalue weighted by atomic mass is 79.9. The van der Waals surface area contributed by atoms with Gasteiger partial charge in [-0.3, -0.25) is 0 Å². The summed E-state index contributed by atoms with van der Waals surface area (Å²) in [5.41, 5.74) is 0. The minimum atomic E-state index is -3.87. The second kappa shape index (κ2) is 3.56. The molecule has 0 saturated carbocycles. The average molecular weight is 306 g/mol. The van der Waals surface area contributed by atoms with Gasteiger partial charge in [-0.05, 0) is 22.0 Å². The van der Waals surface area contributed by atoms with Crippen molar-refractivity contribution in [3.05, 3.63) is 15.4 Å².